The number of amides is 1. The minimum absolute atomic E-state index is 0.0296. The number of hydrogen-bond acceptors (Lipinski definition) is 7. The first kappa shape index (κ1) is 28.9. The van der Waals surface area contributed by atoms with Crippen molar-refractivity contribution in [3.63, 3.8) is 0 Å². The van der Waals surface area contributed by atoms with E-state index < -0.39 is 23.5 Å². The normalized spacial score (nSPS) is 15.0. The molecule has 1 N–H and O–H groups in total. The molecule has 0 saturated carbocycles. The lowest BCUT2D eigenvalue weighted by Gasteiger charge is -2.25. The van der Waals surface area contributed by atoms with Crippen molar-refractivity contribution in [1.29, 1.82) is 0 Å². The van der Waals surface area contributed by atoms with Gasteiger partial charge in [0, 0.05) is 0 Å². The van der Waals surface area contributed by atoms with Crippen molar-refractivity contribution in [2.45, 2.75) is 26.5 Å². The number of allylic oxidation sites excluding steroid dienone is 1. The third-order valence-electron chi connectivity index (χ3n) is 7.26. The zero-order valence-electron chi connectivity index (χ0n) is 24.3. The average Bonchev–Trinajstić information content (AvgIpc) is 3.57. The predicted molar refractivity (Wildman–Crippen MR) is 173 cm³/mol. The lowest BCUT2D eigenvalue weighted by Crippen LogP contribution is -2.30. The fraction of sp³-hybridized carbons (Fsp3) is 0.139. The Morgan fingerprint density at radius 3 is 2.45 bits per heavy atom. The second-order valence-corrected chi connectivity index (χ2v) is 11.3. The summed E-state index contributed by atoms with van der Waals surface area (Å²) in [6, 6.07) is 29.4. The van der Waals surface area contributed by atoms with E-state index in [0.717, 1.165) is 26.9 Å². The van der Waals surface area contributed by atoms with E-state index in [0.29, 0.717) is 35.4 Å². The SMILES string of the molecule is CCOc1cc(C2C(C(=O)C=Cc3ccccc3)=C(O)C(=O)N2c2nc3ccc(C)cc3s2)ccc1OCc1ccccc1. The standard InChI is InChI=1S/C36H30N2O5S/c1-3-42-30-21-26(16-19-29(30)43-22-25-12-8-5-9-13-25)33-32(28(39)18-15-24-10-6-4-7-11-24)34(40)35(41)38(33)36-37-27-17-14-23(2)20-31(27)44-36/h4-21,33,40H,3,22H2,1-2H3. The van der Waals surface area contributed by atoms with Gasteiger partial charge in [-0.2, -0.15) is 0 Å². The molecule has 2 heterocycles. The summed E-state index contributed by atoms with van der Waals surface area (Å²) < 4.78 is 13.0. The minimum Gasteiger partial charge on any atom is -0.503 e. The molecule has 1 aliphatic heterocycles. The maximum absolute atomic E-state index is 13.7. The molecule has 0 bridgehead atoms. The third kappa shape index (κ3) is 5.85. The predicted octanol–water partition coefficient (Wildman–Crippen LogP) is 7.76. The molecule has 1 aromatic heterocycles. The molecule has 4 aromatic carbocycles. The Kier molecular flexibility index (Phi) is 8.25. The molecule has 0 spiro atoms. The van der Waals surface area contributed by atoms with Gasteiger partial charge in [0.1, 0.15) is 6.61 Å². The summed E-state index contributed by atoms with van der Waals surface area (Å²) in [5.41, 5.74) is 4.16. The number of ether oxygens (including phenoxy) is 2. The van der Waals surface area contributed by atoms with Gasteiger partial charge in [0.15, 0.2) is 28.2 Å². The van der Waals surface area contributed by atoms with Crippen molar-refractivity contribution in [3.8, 4) is 11.5 Å². The molecule has 8 heteroatoms. The number of aromatic nitrogens is 1. The van der Waals surface area contributed by atoms with Crippen LogP contribution in [0, 0.1) is 6.92 Å². The van der Waals surface area contributed by atoms with E-state index in [1.807, 2.05) is 92.7 Å². The molecule has 5 aromatic rings. The Morgan fingerprint density at radius 2 is 1.70 bits per heavy atom. The van der Waals surface area contributed by atoms with Crippen LogP contribution in [-0.2, 0) is 16.2 Å². The number of fused-ring (bicyclic) bond motifs is 1. The number of benzene rings is 4. The lowest BCUT2D eigenvalue weighted by molar-refractivity contribution is -0.117. The molecular formula is C36H30N2O5S. The number of aliphatic hydroxyl groups excluding tert-OH is 1. The van der Waals surface area contributed by atoms with Crippen molar-refractivity contribution in [2.75, 3.05) is 11.5 Å². The van der Waals surface area contributed by atoms with Gasteiger partial charge in [-0.25, -0.2) is 4.98 Å². The van der Waals surface area contributed by atoms with Gasteiger partial charge in [0.2, 0.25) is 0 Å². The number of anilines is 1. The summed E-state index contributed by atoms with van der Waals surface area (Å²) in [6.45, 7) is 4.58. The second-order valence-electron chi connectivity index (χ2n) is 10.3. The highest BCUT2D eigenvalue weighted by Gasteiger charge is 2.45. The summed E-state index contributed by atoms with van der Waals surface area (Å²) in [5, 5.41) is 11.6. The van der Waals surface area contributed by atoms with Crippen LogP contribution in [0.3, 0.4) is 0 Å². The number of aliphatic hydroxyl groups is 1. The van der Waals surface area contributed by atoms with Crippen molar-refractivity contribution < 1.29 is 24.2 Å². The summed E-state index contributed by atoms with van der Waals surface area (Å²) >= 11 is 1.33. The maximum Gasteiger partial charge on any atom is 0.296 e. The molecule has 1 unspecified atom stereocenters. The topological polar surface area (TPSA) is 89.0 Å². The largest absolute Gasteiger partial charge is 0.503 e. The zero-order chi connectivity index (χ0) is 30.6. The summed E-state index contributed by atoms with van der Waals surface area (Å²) in [5.74, 6) is -0.784. The first-order chi connectivity index (χ1) is 21.4. The Hall–Kier alpha value is -5.21. The van der Waals surface area contributed by atoms with Crippen LogP contribution >= 0.6 is 11.3 Å². The van der Waals surface area contributed by atoms with E-state index in [2.05, 4.69) is 0 Å². The molecule has 220 valence electrons. The van der Waals surface area contributed by atoms with Crippen LogP contribution < -0.4 is 14.4 Å². The van der Waals surface area contributed by atoms with E-state index >= 15 is 0 Å². The van der Waals surface area contributed by atoms with Gasteiger partial charge in [-0.1, -0.05) is 90.2 Å². The van der Waals surface area contributed by atoms with E-state index in [4.69, 9.17) is 14.5 Å². The smallest absolute Gasteiger partial charge is 0.296 e. The fourth-order valence-corrected chi connectivity index (χ4v) is 6.23. The van der Waals surface area contributed by atoms with Gasteiger partial charge in [0.05, 0.1) is 28.4 Å². The molecule has 1 atom stereocenters. The van der Waals surface area contributed by atoms with Crippen molar-refractivity contribution >= 4 is 44.5 Å². The number of rotatable bonds is 10. The number of hydrogen-bond donors (Lipinski definition) is 1. The van der Waals surface area contributed by atoms with E-state index in [1.54, 1.807) is 24.3 Å². The van der Waals surface area contributed by atoms with Gasteiger partial charge in [-0.05, 0) is 66.4 Å². The minimum atomic E-state index is -0.945. The number of carbonyl (C=O) groups is 2. The van der Waals surface area contributed by atoms with Crippen LogP contribution in [0.2, 0.25) is 0 Å². The third-order valence-corrected chi connectivity index (χ3v) is 8.28. The Morgan fingerprint density at radius 1 is 0.955 bits per heavy atom. The molecule has 1 amide bonds. The zero-order valence-corrected chi connectivity index (χ0v) is 25.1. The highest BCUT2D eigenvalue weighted by Crippen LogP contribution is 2.45. The second kappa shape index (κ2) is 12.6. The molecule has 0 fully saturated rings. The van der Waals surface area contributed by atoms with Gasteiger partial charge in [0.25, 0.3) is 5.91 Å². The van der Waals surface area contributed by atoms with Crippen molar-refractivity contribution in [1.82, 2.24) is 4.98 Å². The molecule has 0 saturated heterocycles. The summed E-state index contributed by atoms with van der Waals surface area (Å²) in [4.78, 5) is 33.6. The lowest BCUT2D eigenvalue weighted by atomic mass is 9.95. The molecule has 7 nitrogen and oxygen atoms in total. The van der Waals surface area contributed by atoms with Crippen molar-refractivity contribution in [3.05, 3.63) is 137 Å². The first-order valence-corrected chi connectivity index (χ1v) is 15.1. The van der Waals surface area contributed by atoms with Crippen LogP contribution in [0.15, 0.2) is 114 Å². The Balaban J connectivity index is 1.42. The highest BCUT2D eigenvalue weighted by atomic mass is 32.1. The Labute approximate surface area is 259 Å². The molecule has 0 aliphatic carbocycles. The van der Waals surface area contributed by atoms with E-state index in [9.17, 15) is 14.7 Å². The van der Waals surface area contributed by atoms with E-state index in [1.165, 1.54) is 22.3 Å². The summed E-state index contributed by atoms with van der Waals surface area (Å²) in [6.07, 6.45) is 3.05. The molecule has 6 rings (SSSR count). The maximum atomic E-state index is 13.7. The number of ketones is 1. The average molecular weight is 603 g/mol. The molecule has 0 radical (unpaired) electrons. The number of aryl methyl sites for hydroxylation is 1. The van der Waals surface area contributed by atoms with Crippen LogP contribution in [0.1, 0.15) is 35.2 Å². The number of thiazole rings is 1. The van der Waals surface area contributed by atoms with Gasteiger partial charge < -0.3 is 14.6 Å². The van der Waals surface area contributed by atoms with Crippen LogP contribution in [-0.4, -0.2) is 28.4 Å². The van der Waals surface area contributed by atoms with Crippen LogP contribution in [0.25, 0.3) is 16.3 Å². The van der Waals surface area contributed by atoms with Gasteiger partial charge in [-0.3, -0.25) is 14.5 Å². The fourth-order valence-electron chi connectivity index (χ4n) is 5.14. The molecule has 1 aliphatic rings. The Bertz CT molecular complexity index is 1900. The highest BCUT2D eigenvalue weighted by molar-refractivity contribution is 7.22. The number of nitrogens with zero attached hydrogens (tertiary/aromatic N) is 2. The van der Waals surface area contributed by atoms with Crippen molar-refractivity contribution in [2.24, 2.45) is 0 Å². The van der Waals surface area contributed by atoms with Crippen LogP contribution in [0.5, 0.6) is 11.5 Å². The first-order valence-electron chi connectivity index (χ1n) is 14.3. The van der Waals surface area contributed by atoms with Gasteiger partial charge in [-0.15, -0.1) is 0 Å². The van der Waals surface area contributed by atoms with Crippen LogP contribution in [0.4, 0.5) is 5.13 Å². The number of carbonyl (C=O) groups excluding carboxylic acids is 2. The van der Waals surface area contributed by atoms with Gasteiger partial charge >= 0.3 is 0 Å². The molecular weight excluding hydrogens is 572 g/mol. The quantitative estimate of drug-likeness (QED) is 0.164. The molecule has 44 heavy (non-hydrogen) atoms. The van der Waals surface area contributed by atoms with E-state index in [-0.39, 0.29) is 5.57 Å². The summed E-state index contributed by atoms with van der Waals surface area (Å²) in [7, 11) is 0. The monoisotopic (exact) mass is 602 g/mol.